The highest BCUT2D eigenvalue weighted by Gasteiger charge is 2.65. The minimum atomic E-state index is -3.07. The maximum atomic E-state index is 6.34. The molecule has 0 saturated heterocycles. The summed E-state index contributed by atoms with van der Waals surface area (Å²) in [6.45, 7) is 15.3. The summed E-state index contributed by atoms with van der Waals surface area (Å²) in [6, 6.07) is 1.44. The highest BCUT2D eigenvalue weighted by atomic mass is 28.5. The largest absolute Gasteiger partial charge is 0.508 e. The van der Waals surface area contributed by atoms with Crippen molar-refractivity contribution in [1.29, 1.82) is 0 Å². The molecule has 0 aromatic carbocycles. The van der Waals surface area contributed by atoms with Gasteiger partial charge in [-0.25, -0.2) is 0 Å². The molecule has 0 aliphatic heterocycles. The van der Waals surface area contributed by atoms with Crippen LogP contribution in [0.4, 0.5) is 0 Å². The van der Waals surface area contributed by atoms with Gasteiger partial charge < -0.3 is 26.6 Å². The molecule has 0 aromatic heterocycles. The van der Waals surface area contributed by atoms with Crippen LogP contribution in [0.15, 0.2) is 0 Å². The summed E-state index contributed by atoms with van der Waals surface area (Å²) in [7, 11) is -4.80. The summed E-state index contributed by atoms with van der Waals surface area (Å²) in [5.41, 5.74) is 0. The third-order valence-corrected chi connectivity index (χ3v) is 14.8. The summed E-state index contributed by atoms with van der Waals surface area (Å²) < 4.78 is 38.1. The van der Waals surface area contributed by atoms with Gasteiger partial charge >= 0.3 is 17.6 Å². The molecule has 194 valence electrons. The van der Waals surface area contributed by atoms with Gasteiger partial charge in [-0.15, -0.1) is 0 Å². The Kier molecular flexibility index (Phi) is 21.0. The molecule has 32 heavy (non-hydrogen) atoms. The lowest BCUT2D eigenvalue weighted by Crippen LogP contribution is -2.64. The van der Waals surface area contributed by atoms with Crippen LogP contribution < -0.4 is 0 Å². The van der Waals surface area contributed by atoms with Crippen molar-refractivity contribution >= 4 is 27.9 Å². The molecule has 0 spiro atoms. The minimum Gasteiger partial charge on any atom is -0.374 e. The Balaban J connectivity index is 5.51. The zero-order valence-corrected chi connectivity index (χ0v) is 26.3. The van der Waals surface area contributed by atoms with Crippen molar-refractivity contribution in [2.75, 3.05) is 39.6 Å². The van der Waals surface area contributed by atoms with Gasteiger partial charge in [0.2, 0.25) is 0 Å². The molecular weight excluding hydrogens is 457 g/mol. The predicted molar refractivity (Wildman–Crippen MR) is 141 cm³/mol. The van der Waals surface area contributed by atoms with Crippen molar-refractivity contribution in [3.63, 3.8) is 0 Å². The Morgan fingerprint density at radius 2 is 0.750 bits per heavy atom. The van der Waals surface area contributed by atoms with Crippen LogP contribution in [0.5, 0.6) is 0 Å². The molecule has 0 saturated carbocycles. The normalized spacial score (nSPS) is 12.8. The van der Waals surface area contributed by atoms with Crippen LogP contribution in [0.3, 0.4) is 0 Å². The Hall–Kier alpha value is 0.411. The second kappa shape index (κ2) is 20.8. The van der Waals surface area contributed by atoms with Crippen LogP contribution >= 0.6 is 0 Å². The van der Waals surface area contributed by atoms with Gasteiger partial charge in [-0.2, -0.15) is 0 Å². The predicted octanol–water partition coefficient (Wildman–Crippen LogP) is 5.29. The van der Waals surface area contributed by atoms with Crippen molar-refractivity contribution in [3.8, 4) is 0 Å². The molecule has 0 aliphatic rings. The molecule has 0 amide bonds. The Labute approximate surface area is 204 Å². The molecular formula is C23H54O6Si3. The monoisotopic (exact) mass is 510 g/mol. The van der Waals surface area contributed by atoms with E-state index >= 15 is 0 Å². The van der Waals surface area contributed by atoms with Gasteiger partial charge in [-0.05, 0) is 48.0 Å². The molecule has 0 radical (unpaired) electrons. The highest BCUT2D eigenvalue weighted by molar-refractivity contribution is 6.82. The van der Waals surface area contributed by atoms with E-state index in [0.29, 0.717) is 39.6 Å². The van der Waals surface area contributed by atoms with Crippen LogP contribution in [0, 0.1) is 0 Å². The van der Waals surface area contributed by atoms with Crippen LogP contribution in [-0.4, -0.2) is 67.5 Å². The van der Waals surface area contributed by atoms with E-state index in [4.69, 9.17) is 26.6 Å². The van der Waals surface area contributed by atoms with Gasteiger partial charge in [0.15, 0.2) is 0 Å². The lowest BCUT2D eigenvalue weighted by molar-refractivity contribution is 0.0310. The first-order valence-electron chi connectivity index (χ1n) is 13.4. The molecule has 0 N–H and O–H groups in total. The number of unbranched alkanes of at least 4 members (excludes halogenated alkanes) is 7. The molecule has 0 atom stereocenters. The molecule has 6 nitrogen and oxygen atoms in total. The first-order chi connectivity index (χ1) is 15.6. The molecule has 0 fully saturated rings. The molecule has 0 unspecified atom stereocenters. The van der Waals surface area contributed by atoms with Crippen LogP contribution in [0.1, 0.15) is 99.3 Å². The van der Waals surface area contributed by atoms with Crippen molar-refractivity contribution in [1.82, 2.24) is 0 Å². The van der Waals surface area contributed by atoms with Crippen LogP contribution in [-0.2, 0) is 26.6 Å². The van der Waals surface area contributed by atoms with Crippen LogP contribution in [0.25, 0.3) is 0 Å². The van der Waals surface area contributed by atoms with Gasteiger partial charge in [0.25, 0.3) is 0 Å². The van der Waals surface area contributed by atoms with E-state index in [9.17, 15) is 0 Å². The minimum absolute atomic E-state index is 0.108. The second-order valence-electron chi connectivity index (χ2n) is 7.97. The first kappa shape index (κ1) is 32.4. The van der Waals surface area contributed by atoms with E-state index in [1.54, 1.807) is 0 Å². The summed E-state index contributed by atoms with van der Waals surface area (Å²) in [6.07, 6.45) is 11.3. The van der Waals surface area contributed by atoms with E-state index in [0.717, 1.165) is 12.8 Å². The second-order valence-corrected chi connectivity index (χ2v) is 15.1. The fourth-order valence-electron chi connectivity index (χ4n) is 4.29. The first-order valence-corrected chi connectivity index (χ1v) is 18.4. The zero-order valence-electron chi connectivity index (χ0n) is 22.3. The summed E-state index contributed by atoms with van der Waals surface area (Å²) in [4.78, 5) is 0. The third kappa shape index (κ3) is 11.7. The highest BCUT2D eigenvalue weighted by Crippen LogP contribution is 2.41. The number of hydrogen-bond acceptors (Lipinski definition) is 6. The fourth-order valence-corrected chi connectivity index (χ4v) is 13.3. The van der Waals surface area contributed by atoms with Crippen molar-refractivity contribution < 1.29 is 26.6 Å². The molecule has 0 rings (SSSR count). The van der Waals surface area contributed by atoms with E-state index in [-0.39, 0.29) is 5.16 Å². The lowest BCUT2D eigenvalue weighted by atomic mass is 10.1. The molecule has 0 aromatic rings. The summed E-state index contributed by atoms with van der Waals surface area (Å²) in [5, 5.41) is -0.108. The lowest BCUT2D eigenvalue weighted by Gasteiger charge is -2.42. The van der Waals surface area contributed by atoms with Crippen molar-refractivity contribution in [3.05, 3.63) is 0 Å². The van der Waals surface area contributed by atoms with E-state index < -0.39 is 17.6 Å². The molecule has 0 bridgehead atoms. The average Bonchev–Trinajstić information content (AvgIpc) is 2.76. The van der Waals surface area contributed by atoms with Crippen LogP contribution in [0.2, 0.25) is 11.2 Å². The Morgan fingerprint density at radius 1 is 0.469 bits per heavy atom. The Bertz CT molecular complexity index is 357. The maximum absolute atomic E-state index is 6.34. The summed E-state index contributed by atoms with van der Waals surface area (Å²) in [5.74, 6) is 0. The third-order valence-electron chi connectivity index (χ3n) is 5.52. The SMILES string of the molecule is CCO[Si](OCC)(OCC)C(CCCCCCCCCC[SiH3])[Si](OCC)(OCC)OCC. The van der Waals surface area contributed by atoms with E-state index in [1.807, 2.05) is 41.5 Å². The standard InChI is InChI=1S/C23H54O6Si3/c1-7-24-31(25-8-2,26-9-3)23(32(27-10-4,28-11-5)29-12-6)21-19-17-15-13-14-16-18-20-22-30/h23H,7-22H2,1-6,30H3. The van der Waals surface area contributed by atoms with Crippen molar-refractivity contribution in [2.24, 2.45) is 0 Å². The van der Waals surface area contributed by atoms with E-state index in [2.05, 4.69) is 0 Å². The Morgan fingerprint density at radius 3 is 1.03 bits per heavy atom. The van der Waals surface area contributed by atoms with Gasteiger partial charge in [0.1, 0.15) is 0 Å². The molecule has 0 heterocycles. The molecule has 0 aliphatic carbocycles. The van der Waals surface area contributed by atoms with Gasteiger partial charge in [-0.1, -0.05) is 57.4 Å². The van der Waals surface area contributed by atoms with Crippen molar-refractivity contribution in [2.45, 2.75) is 111 Å². The average molecular weight is 511 g/mol. The van der Waals surface area contributed by atoms with Gasteiger partial charge in [-0.3, -0.25) is 0 Å². The zero-order chi connectivity index (χ0) is 24.1. The molecule has 9 heteroatoms. The van der Waals surface area contributed by atoms with Gasteiger partial charge in [0, 0.05) is 49.9 Å². The number of hydrogen-bond donors (Lipinski definition) is 0. The number of rotatable bonds is 24. The summed E-state index contributed by atoms with van der Waals surface area (Å²) >= 11 is 0. The quantitative estimate of drug-likeness (QED) is 0.130. The van der Waals surface area contributed by atoms with Gasteiger partial charge in [0.05, 0.1) is 5.16 Å². The van der Waals surface area contributed by atoms with E-state index in [1.165, 1.54) is 61.2 Å². The fraction of sp³-hybridized carbons (Fsp3) is 1.00. The topological polar surface area (TPSA) is 55.4 Å². The maximum Gasteiger partial charge on any atom is 0.508 e. The smallest absolute Gasteiger partial charge is 0.374 e.